The van der Waals surface area contributed by atoms with Gasteiger partial charge in [0.1, 0.15) is 29.9 Å². The maximum atomic E-state index is 11.7. The van der Waals surface area contributed by atoms with Crippen LogP contribution in [0.4, 0.5) is 0 Å². The van der Waals surface area contributed by atoms with E-state index in [0.29, 0.717) is 31.0 Å². The number of hydrogen-bond acceptors (Lipinski definition) is 14. The Morgan fingerprint density at radius 2 is 1.72 bits per heavy atom. The van der Waals surface area contributed by atoms with Crippen LogP contribution in [0, 0.1) is 23.7 Å². The molecule has 0 spiro atoms. The van der Waals surface area contributed by atoms with Gasteiger partial charge in [-0.2, -0.15) is 4.89 Å². The third-order valence-corrected chi connectivity index (χ3v) is 8.85. The molecule has 3 rings (SSSR count). The standard InChI is InChI=1S/C28H43N3O11S/c1-16-17(2)27(39-20(5)34)28(40-26(16)15-38-19(4)33)43-9-7-8-36-14-23-11-31(30-29-23)12-24-22(13-37-18(3)32)10-25(24)42-41-21(6)35/h11,16-17,22,24-28H,7-10,12-15H2,1-6H3. The second-order valence-electron chi connectivity index (χ2n) is 11.0. The zero-order valence-electron chi connectivity index (χ0n) is 25.6. The number of esters is 3. The molecule has 1 aromatic rings. The van der Waals surface area contributed by atoms with Crippen molar-refractivity contribution in [3.63, 3.8) is 0 Å². The Balaban J connectivity index is 1.43. The van der Waals surface area contributed by atoms with Gasteiger partial charge < -0.3 is 23.7 Å². The summed E-state index contributed by atoms with van der Waals surface area (Å²) >= 11 is 1.54. The van der Waals surface area contributed by atoms with Crippen molar-refractivity contribution in [3.05, 3.63) is 11.9 Å². The van der Waals surface area contributed by atoms with Gasteiger partial charge in [-0.25, -0.2) is 4.79 Å². The molecule has 242 valence electrons. The van der Waals surface area contributed by atoms with Crippen molar-refractivity contribution in [2.45, 2.75) is 91.3 Å². The molecular formula is C28H43N3O11S. The van der Waals surface area contributed by atoms with Crippen LogP contribution in [0.2, 0.25) is 0 Å². The SMILES string of the molecule is CC(=O)OCC1CC(OOC(C)=O)C1Cn1cc(COCCCSC2OC(COC(C)=O)C(C)C(C)C2OC(C)=O)nn1. The molecule has 0 aromatic carbocycles. The molecule has 1 aromatic heterocycles. The molecule has 0 amide bonds. The van der Waals surface area contributed by atoms with Crippen LogP contribution in [-0.2, 0) is 65.8 Å². The molecule has 2 heterocycles. The summed E-state index contributed by atoms with van der Waals surface area (Å²) in [6, 6.07) is 0. The summed E-state index contributed by atoms with van der Waals surface area (Å²) in [5, 5.41) is 8.35. The molecule has 43 heavy (non-hydrogen) atoms. The topological polar surface area (TPSA) is 164 Å². The lowest BCUT2D eigenvalue weighted by molar-refractivity contribution is -0.331. The zero-order chi connectivity index (χ0) is 31.5. The van der Waals surface area contributed by atoms with E-state index >= 15 is 0 Å². The van der Waals surface area contributed by atoms with Crippen LogP contribution < -0.4 is 0 Å². The Labute approximate surface area is 255 Å². The van der Waals surface area contributed by atoms with E-state index in [1.54, 1.807) is 22.6 Å². The summed E-state index contributed by atoms with van der Waals surface area (Å²) in [6.45, 7) is 11.0. The minimum Gasteiger partial charge on any atom is -0.466 e. The lowest BCUT2D eigenvalue weighted by Gasteiger charge is -2.43. The zero-order valence-corrected chi connectivity index (χ0v) is 26.4. The van der Waals surface area contributed by atoms with Crippen LogP contribution >= 0.6 is 11.8 Å². The number of carbonyl (C=O) groups excluding carboxylic acids is 4. The highest BCUT2D eigenvalue weighted by molar-refractivity contribution is 7.99. The van der Waals surface area contributed by atoms with Crippen LogP contribution in [0.5, 0.6) is 0 Å². The number of aromatic nitrogens is 3. The first-order valence-corrected chi connectivity index (χ1v) is 15.5. The van der Waals surface area contributed by atoms with E-state index in [1.165, 1.54) is 27.7 Å². The predicted octanol–water partition coefficient (Wildman–Crippen LogP) is 2.47. The summed E-state index contributed by atoms with van der Waals surface area (Å²) in [5.41, 5.74) is 0.267. The highest BCUT2D eigenvalue weighted by atomic mass is 32.2. The van der Waals surface area contributed by atoms with E-state index in [0.717, 1.165) is 6.42 Å². The average molecular weight is 630 g/mol. The predicted molar refractivity (Wildman–Crippen MR) is 151 cm³/mol. The van der Waals surface area contributed by atoms with Gasteiger partial charge >= 0.3 is 23.9 Å². The fraction of sp³-hybridized carbons (Fsp3) is 0.786. The van der Waals surface area contributed by atoms with Crippen molar-refractivity contribution < 1.29 is 52.6 Å². The van der Waals surface area contributed by atoms with Crippen molar-refractivity contribution in [1.82, 2.24) is 15.0 Å². The fourth-order valence-electron chi connectivity index (χ4n) is 5.06. The maximum Gasteiger partial charge on any atom is 0.339 e. The first-order valence-electron chi connectivity index (χ1n) is 14.5. The maximum absolute atomic E-state index is 11.7. The second-order valence-corrected chi connectivity index (χ2v) is 12.2. The lowest BCUT2D eigenvalue weighted by atomic mass is 9.71. The molecule has 1 saturated carbocycles. The third kappa shape index (κ3) is 11.0. The molecule has 1 aliphatic carbocycles. The summed E-state index contributed by atoms with van der Waals surface area (Å²) in [6.07, 6.45) is 2.06. The molecule has 2 fully saturated rings. The molecule has 2 aliphatic rings. The Hall–Kier alpha value is -2.75. The number of ether oxygens (including phenoxy) is 5. The van der Waals surface area contributed by atoms with Gasteiger partial charge in [-0.15, -0.1) is 16.9 Å². The van der Waals surface area contributed by atoms with E-state index in [9.17, 15) is 19.2 Å². The van der Waals surface area contributed by atoms with E-state index < -0.39 is 12.1 Å². The third-order valence-electron chi connectivity index (χ3n) is 7.62. The molecular weight excluding hydrogens is 586 g/mol. The number of nitrogens with zero attached hydrogens (tertiary/aromatic N) is 3. The molecule has 0 N–H and O–H groups in total. The van der Waals surface area contributed by atoms with Gasteiger partial charge in [-0.3, -0.25) is 24.0 Å². The van der Waals surface area contributed by atoms with Crippen molar-refractivity contribution in [3.8, 4) is 0 Å². The van der Waals surface area contributed by atoms with Crippen molar-refractivity contribution in [1.29, 1.82) is 0 Å². The van der Waals surface area contributed by atoms with Crippen LogP contribution in [0.15, 0.2) is 6.20 Å². The molecule has 8 unspecified atom stereocenters. The largest absolute Gasteiger partial charge is 0.466 e. The first-order chi connectivity index (χ1) is 20.4. The van der Waals surface area contributed by atoms with Gasteiger partial charge in [0.15, 0.2) is 0 Å². The molecule has 14 nitrogen and oxygen atoms in total. The van der Waals surface area contributed by atoms with E-state index in [4.69, 9.17) is 33.5 Å². The molecule has 8 atom stereocenters. The fourth-order valence-corrected chi connectivity index (χ4v) is 6.30. The number of hydrogen-bond donors (Lipinski definition) is 0. The Morgan fingerprint density at radius 3 is 2.40 bits per heavy atom. The highest BCUT2D eigenvalue weighted by Gasteiger charge is 2.45. The summed E-state index contributed by atoms with van der Waals surface area (Å²) in [5.74, 6) is -0.900. The van der Waals surface area contributed by atoms with Gasteiger partial charge in [-0.1, -0.05) is 19.1 Å². The molecule has 0 bridgehead atoms. The van der Waals surface area contributed by atoms with Crippen molar-refractivity contribution >= 4 is 35.6 Å². The summed E-state index contributed by atoms with van der Waals surface area (Å²) < 4.78 is 29.6. The summed E-state index contributed by atoms with van der Waals surface area (Å²) in [7, 11) is 0. The van der Waals surface area contributed by atoms with Crippen LogP contribution in [0.1, 0.15) is 60.1 Å². The lowest BCUT2D eigenvalue weighted by Crippen LogP contribution is -2.51. The van der Waals surface area contributed by atoms with Gasteiger partial charge in [0, 0.05) is 58.6 Å². The van der Waals surface area contributed by atoms with E-state index in [-0.39, 0.29) is 79.0 Å². The van der Waals surface area contributed by atoms with Gasteiger partial charge in [0.2, 0.25) is 0 Å². The molecule has 0 radical (unpaired) electrons. The molecule has 1 aliphatic heterocycles. The van der Waals surface area contributed by atoms with Crippen LogP contribution in [0.3, 0.4) is 0 Å². The monoisotopic (exact) mass is 629 g/mol. The summed E-state index contributed by atoms with van der Waals surface area (Å²) in [4.78, 5) is 55.4. The molecule has 15 heteroatoms. The Morgan fingerprint density at radius 1 is 1.00 bits per heavy atom. The minimum absolute atomic E-state index is 0.0231. The van der Waals surface area contributed by atoms with Crippen molar-refractivity contribution in [2.75, 3.05) is 25.6 Å². The van der Waals surface area contributed by atoms with Crippen molar-refractivity contribution in [2.24, 2.45) is 23.7 Å². The number of rotatable bonds is 16. The van der Waals surface area contributed by atoms with Gasteiger partial charge in [-0.05, 0) is 24.5 Å². The average Bonchev–Trinajstić information content (AvgIpc) is 3.38. The van der Waals surface area contributed by atoms with E-state index in [2.05, 4.69) is 10.3 Å². The number of carbonyl (C=O) groups is 4. The normalized spacial score (nSPS) is 28.4. The van der Waals surface area contributed by atoms with E-state index in [1.807, 2.05) is 13.8 Å². The first kappa shape index (κ1) is 34.7. The quantitative estimate of drug-likeness (QED) is 0.0861. The van der Waals surface area contributed by atoms with Crippen LogP contribution in [0.25, 0.3) is 0 Å². The smallest absolute Gasteiger partial charge is 0.339 e. The second kappa shape index (κ2) is 16.9. The van der Waals surface area contributed by atoms with Gasteiger partial charge in [0.25, 0.3) is 0 Å². The Bertz CT molecular complexity index is 1060. The minimum atomic E-state index is -0.538. The van der Waals surface area contributed by atoms with Gasteiger partial charge in [0.05, 0.1) is 25.5 Å². The highest BCUT2D eigenvalue weighted by Crippen LogP contribution is 2.39. The van der Waals surface area contributed by atoms with Crippen LogP contribution in [-0.4, -0.2) is 88.2 Å². The molecule has 1 saturated heterocycles. The Kier molecular flexibility index (Phi) is 13.7. The number of thioether (sulfide) groups is 1.